The second-order valence-electron chi connectivity index (χ2n) is 5.66. The predicted molar refractivity (Wildman–Crippen MR) is 96.1 cm³/mol. The maximum Gasteiger partial charge on any atom is 0.213 e. The van der Waals surface area contributed by atoms with Gasteiger partial charge in [-0.1, -0.05) is 0 Å². The van der Waals surface area contributed by atoms with Crippen LogP contribution < -0.4 is 14.2 Å². The van der Waals surface area contributed by atoms with Crippen LogP contribution in [0.1, 0.15) is 6.92 Å². The molecule has 26 heavy (non-hydrogen) atoms. The maximum absolute atomic E-state index is 9.27. The molecule has 6 nitrogen and oxygen atoms in total. The molecule has 6 heteroatoms. The number of phenols is 1. The lowest BCUT2D eigenvalue weighted by molar-refractivity contribution is 0.138. The van der Waals surface area contributed by atoms with Crippen LogP contribution in [0.3, 0.4) is 0 Å². The molecule has 2 aromatic carbocycles. The molecule has 1 heterocycles. The van der Waals surface area contributed by atoms with E-state index in [0.717, 1.165) is 0 Å². The van der Waals surface area contributed by atoms with E-state index in [4.69, 9.17) is 14.2 Å². The molecule has 0 unspecified atom stereocenters. The fraction of sp³-hybridized carbons (Fsp3) is 0.150. The number of phenolic OH excluding ortho intramolecular Hbond substituents is 1. The molecule has 0 aliphatic carbocycles. The first-order chi connectivity index (χ1) is 12.6. The monoisotopic (exact) mass is 353 g/mol. The highest BCUT2D eigenvalue weighted by atomic mass is 16.5. The molecule has 2 N–H and O–H groups in total. The largest absolute Gasteiger partial charge is 0.508 e. The number of rotatable bonds is 7. The summed E-state index contributed by atoms with van der Waals surface area (Å²) in [4.78, 5) is 3.97. The van der Waals surface area contributed by atoms with E-state index < -0.39 is 0 Å². The van der Waals surface area contributed by atoms with Gasteiger partial charge in [-0.05, 0) is 61.5 Å². The van der Waals surface area contributed by atoms with Gasteiger partial charge in [-0.2, -0.15) is 0 Å². The fourth-order valence-electron chi connectivity index (χ4n) is 2.15. The van der Waals surface area contributed by atoms with Crippen LogP contribution in [0.4, 0.5) is 0 Å². The van der Waals surface area contributed by atoms with E-state index in [0.29, 0.717) is 29.7 Å². The van der Waals surface area contributed by atoms with Crippen molar-refractivity contribution >= 4 is 0 Å². The predicted octanol–water partition coefficient (Wildman–Crippen LogP) is 4.13. The van der Waals surface area contributed by atoms with Crippen molar-refractivity contribution in [2.24, 2.45) is 0 Å². The Kier molecular flexibility index (Phi) is 5.43. The Hall–Kier alpha value is -3.41. The molecule has 3 aromatic rings. The third-order valence-corrected chi connectivity index (χ3v) is 3.42. The van der Waals surface area contributed by atoms with Crippen molar-refractivity contribution in [1.82, 2.24) is 4.98 Å². The summed E-state index contributed by atoms with van der Waals surface area (Å²) >= 11 is 0. The molecular weight excluding hydrogens is 334 g/mol. The Morgan fingerprint density at radius 3 is 2.00 bits per heavy atom. The quantitative estimate of drug-likeness (QED) is 0.665. The van der Waals surface area contributed by atoms with Gasteiger partial charge in [-0.25, -0.2) is 4.98 Å². The first kappa shape index (κ1) is 17.4. The molecule has 1 atom stereocenters. The standard InChI is InChI=1S/C20H19NO5/c1-14(25-20-11-4-16(23)12-21-20)13-24-17-7-9-19(10-8-17)26-18-5-2-15(22)3-6-18/h2-12,14,22-23H,13H2,1H3/t14-/m1/s1. The SMILES string of the molecule is C[C@H](COc1ccc(Oc2ccc(O)cc2)cc1)Oc1ccc(O)cn1. The number of ether oxygens (including phenoxy) is 3. The van der Waals surface area contributed by atoms with Crippen LogP contribution in [0.25, 0.3) is 0 Å². The highest BCUT2D eigenvalue weighted by Crippen LogP contribution is 2.25. The molecule has 0 saturated heterocycles. The lowest BCUT2D eigenvalue weighted by atomic mass is 10.3. The Balaban J connectivity index is 1.49. The zero-order chi connectivity index (χ0) is 18.4. The second-order valence-corrected chi connectivity index (χ2v) is 5.66. The van der Waals surface area contributed by atoms with Crippen LogP contribution in [0, 0.1) is 0 Å². The molecule has 0 saturated carbocycles. The zero-order valence-corrected chi connectivity index (χ0v) is 14.2. The molecule has 0 aliphatic rings. The van der Waals surface area contributed by atoms with Gasteiger partial charge in [-0.3, -0.25) is 0 Å². The minimum absolute atomic E-state index is 0.0934. The minimum Gasteiger partial charge on any atom is -0.508 e. The topological polar surface area (TPSA) is 81.0 Å². The molecule has 134 valence electrons. The van der Waals surface area contributed by atoms with E-state index >= 15 is 0 Å². The molecule has 0 radical (unpaired) electrons. The van der Waals surface area contributed by atoms with Crippen molar-refractivity contribution in [3.05, 3.63) is 66.9 Å². The zero-order valence-electron chi connectivity index (χ0n) is 14.2. The number of pyridine rings is 1. The van der Waals surface area contributed by atoms with E-state index in [9.17, 15) is 10.2 Å². The van der Waals surface area contributed by atoms with Crippen molar-refractivity contribution < 1.29 is 24.4 Å². The summed E-state index contributed by atoms with van der Waals surface area (Å²) in [6.45, 7) is 2.22. The first-order valence-electron chi connectivity index (χ1n) is 8.10. The van der Waals surface area contributed by atoms with Crippen LogP contribution in [0.2, 0.25) is 0 Å². The van der Waals surface area contributed by atoms with Crippen LogP contribution >= 0.6 is 0 Å². The Morgan fingerprint density at radius 2 is 1.38 bits per heavy atom. The highest BCUT2D eigenvalue weighted by molar-refractivity contribution is 5.37. The van der Waals surface area contributed by atoms with Crippen LogP contribution in [0.15, 0.2) is 66.9 Å². The molecule has 0 fully saturated rings. The number of hydrogen-bond donors (Lipinski definition) is 2. The third-order valence-electron chi connectivity index (χ3n) is 3.42. The van der Waals surface area contributed by atoms with Crippen molar-refractivity contribution in [3.63, 3.8) is 0 Å². The van der Waals surface area contributed by atoms with E-state index in [1.54, 1.807) is 54.6 Å². The van der Waals surface area contributed by atoms with Crippen molar-refractivity contribution in [3.8, 4) is 34.6 Å². The number of benzene rings is 2. The number of nitrogens with zero attached hydrogens (tertiary/aromatic N) is 1. The summed E-state index contributed by atoms with van der Waals surface area (Å²) in [5.41, 5.74) is 0. The summed E-state index contributed by atoms with van der Waals surface area (Å²) in [5.74, 6) is 2.71. The van der Waals surface area contributed by atoms with Gasteiger partial charge < -0.3 is 24.4 Å². The van der Waals surface area contributed by atoms with Crippen LogP contribution in [-0.2, 0) is 0 Å². The second kappa shape index (κ2) is 8.11. The van der Waals surface area contributed by atoms with Crippen molar-refractivity contribution in [1.29, 1.82) is 0 Å². The van der Waals surface area contributed by atoms with Gasteiger partial charge in [0.15, 0.2) is 0 Å². The number of hydrogen-bond acceptors (Lipinski definition) is 6. The van der Waals surface area contributed by atoms with Crippen LogP contribution in [-0.4, -0.2) is 27.9 Å². The first-order valence-corrected chi connectivity index (χ1v) is 8.10. The lowest BCUT2D eigenvalue weighted by Crippen LogP contribution is -2.21. The van der Waals surface area contributed by atoms with Crippen LogP contribution in [0.5, 0.6) is 34.6 Å². The van der Waals surface area contributed by atoms with E-state index in [2.05, 4.69) is 4.98 Å². The van der Waals surface area contributed by atoms with Gasteiger partial charge in [0.25, 0.3) is 0 Å². The summed E-state index contributed by atoms with van der Waals surface area (Å²) in [6, 6.07) is 16.8. The molecule has 0 aliphatic heterocycles. The van der Waals surface area contributed by atoms with Gasteiger partial charge in [0.2, 0.25) is 5.88 Å². The Morgan fingerprint density at radius 1 is 0.808 bits per heavy atom. The average Bonchev–Trinajstić information content (AvgIpc) is 2.65. The van der Waals surface area contributed by atoms with Crippen molar-refractivity contribution in [2.45, 2.75) is 13.0 Å². The molecule has 3 rings (SSSR count). The third kappa shape index (κ3) is 5.04. The van der Waals surface area contributed by atoms with Gasteiger partial charge in [-0.15, -0.1) is 0 Å². The maximum atomic E-state index is 9.27. The molecular formula is C20H19NO5. The summed E-state index contributed by atoms with van der Waals surface area (Å²) in [6.07, 6.45) is 1.12. The summed E-state index contributed by atoms with van der Waals surface area (Å²) in [5, 5.41) is 18.5. The van der Waals surface area contributed by atoms with Gasteiger partial charge in [0.05, 0.1) is 6.20 Å². The van der Waals surface area contributed by atoms with E-state index in [1.807, 2.05) is 6.92 Å². The smallest absolute Gasteiger partial charge is 0.213 e. The number of aromatic hydroxyl groups is 2. The highest BCUT2D eigenvalue weighted by Gasteiger charge is 2.07. The van der Waals surface area contributed by atoms with Gasteiger partial charge in [0.1, 0.15) is 41.5 Å². The molecule has 0 spiro atoms. The Labute approximate surface area is 151 Å². The lowest BCUT2D eigenvalue weighted by Gasteiger charge is -2.15. The summed E-state index contributed by atoms with van der Waals surface area (Å²) < 4.78 is 17.0. The minimum atomic E-state index is -0.208. The normalized spacial score (nSPS) is 11.6. The average molecular weight is 353 g/mol. The summed E-state index contributed by atoms with van der Waals surface area (Å²) in [7, 11) is 0. The molecule has 1 aromatic heterocycles. The number of aromatic nitrogens is 1. The Bertz CT molecular complexity index is 816. The van der Waals surface area contributed by atoms with Crippen molar-refractivity contribution in [2.75, 3.05) is 6.61 Å². The van der Waals surface area contributed by atoms with Gasteiger partial charge >= 0.3 is 0 Å². The molecule has 0 amide bonds. The van der Waals surface area contributed by atoms with Gasteiger partial charge in [0, 0.05) is 6.07 Å². The fourth-order valence-corrected chi connectivity index (χ4v) is 2.15. The molecule has 0 bridgehead atoms. The van der Waals surface area contributed by atoms with E-state index in [-0.39, 0.29) is 17.6 Å². The van der Waals surface area contributed by atoms with E-state index in [1.165, 1.54) is 12.3 Å².